The lowest BCUT2D eigenvalue weighted by Crippen LogP contribution is -2.06. The Bertz CT molecular complexity index is 363. The van der Waals surface area contributed by atoms with Crippen molar-refractivity contribution < 1.29 is 9.53 Å². The van der Waals surface area contributed by atoms with Gasteiger partial charge in [-0.15, -0.1) is 0 Å². The van der Waals surface area contributed by atoms with Crippen LogP contribution in [0.4, 0.5) is 0 Å². The SMILES string of the molecule is CCOC(=O)c1cc(I)c(C)cc1Cl. The van der Waals surface area contributed by atoms with Gasteiger partial charge in [-0.3, -0.25) is 0 Å². The Morgan fingerprint density at radius 2 is 2.21 bits per heavy atom. The van der Waals surface area contributed by atoms with Crippen molar-refractivity contribution in [2.24, 2.45) is 0 Å². The highest BCUT2D eigenvalue weighted by Crippen LogP contribution is 2.23. The van der Waals surface area contributed by atoms with E-state index in [2.05, 4.69) is 22.6 Å². The van der Waals surface area contributed by atoms with Crippen LogP contribution < -0.4 is 0 Å². The number of hydrogen-bond donors (Lipinski definition) is 0. The lowest BCUT2D eigenvalue weighted by molar-refractivity contribution is 0.0526. The lowest BCUT2D eigenvalue weighted by Gasteiger charge is -2.06. The van der Waals surface area contributed by atoms with E-state index in [1.807, 2.05) is 6.92 Å². The van der Waals surface area contributed by atoms with Crippen LogP contribution in [-0.4, -0.2) is 12.6 Å². The smallest absolute Gasteiger partial charge is 0.339 e. The van der Waals surface area contributed by atoms with E-state index in [-0.39, 0.29) is 5.97 Å². The first-order valence-electron chi connectivity index (χ1n) is 4.19. The van der Waals surface area contributed by atoms with Gasteiger partial charge < -0.3 is 4.74 Å². The maximum absolute atomic E-state index is 11.4. The number of ether oxygens (including phenoxy) is 1. The van der Waals surface area contributed by atoms with Crippen LogP contribution >= 0.6 is 34.2 Å². The third-order valence-corrected chi connectivity index (χ3v) is 3.22. The van der Waals surface area contributed by atoms with Crippen molar-refractivity contribution in [2.75, 3.05) is 6.61 Å². The van der Waals surface area contributed by atoms with Crippen LogP contribution in [0, 0.1) is 10.5 Å². The Labute approximate surface area is 102 Å². The molecule has 0 heterocycles. The van der Waals surface area contributed by atoms with Gasteiger partial charge >= 0.3 is 5.97 Å². The second kappa shape index (κ2) is 4.98. The number of carbonyl (C=O) groups is 1. The van der Waals surface area contributed by atoms with Crippen LogP contribution in [0.1, 0.15) is 22.8 Å². The van der Waals surface area contributed by atoms with Crippen molar-refractivity contribution >= 4 is 40.2 Å². The number of esters is 1. The molecule has 1 rings (SSSR count). The summed E-state index contributed by atoms with van der Waals surface area (Å²) in [7, 11) is 0. The van der Waals surface area contributed by atoms with Gasteiger partial charge in [0.15, 0.2) is 0 Å². The molecule has 0 bridgehead atoms. The summed E-state index contributed by atoms with van der Waals surface area (Å²) in [5.41, 5.74) is 1.49. The molecular formula is C10H10ClIO2. The Hall–Kier alpha value is -0.290. The third-order valence-electron chi connectivity index (χ3n) is 1.74. The minimum absolute atomic E-state index is 0.361. The molecule has 0 spiro atoms. The molecule has 0 N–H and O–H groups in total. The van der Waals surface area contributed by atoms with E-state index < -0.39 is 0 Å². The van der Waals surface area contributed by atoms with Crippen LogP contribution in [0.5, 0.6) is 0 Å². The molecule has 0 saturated heterocycles. The molecule has 0 aromatic heterocycles. The molecule has 0 unspecified atom stereocenters. The largest absolute Gasteiger partial charge is 0.462 e. The summed E-state index contributed by atoms with van der Waals surface area (Å²) < 4.78 is 5.89. The molecule has 0 aliphatic carbocycles. The molecule has 0 saturated carbocycles. The number of aryl methyl sites for hydroxylation is 1. The molecule has 0 aliphatic rings. The van der Waals surface area contributed by atoms with Gasteiger partial charge in [-0.2, -0.15) is 0 Å². The molecule has 1 aromatic rings. The lowest BCUT2D eigenvalue weighted by atomic mass is 10.1. The van der Waals surface area contributed by atoms with Crippen molar-refractivity contribution in [3.63, 3.8) is 0 Å². The van der Waals surface area contributed by atoms with Crippen molar-refractivity contribution in [3.05, 3.63) is 31.9 Å². The van der Waals surface area contributed by atoms with Crippen molar-refractivity contribution in [2.45, 2.75) is 13.8 Å². The van der Waals surface area contributed by atoms with Gasteiger partial charge in [-0.05, 0) is 54.1 Å². The van der Waals surface area contributed by atoms with Crippen LogP contribution in [-0.2, 0) is 4.74 Å². The molecule has 0 atom stereocenters. The predicted octanol–water partition coefficient (Wildman–Crippen LogP) is 3.43. The Morgan fingerprint density at radius 3 is 2.79 bits per heavy atom. The van der Waals surface area contributed by atoms with E-state index in [9.17, 15) is 4.79 Å². The zero-order chi connectivity index (χ0) is 10.7. The Morgan fingerprint density at radius 1 is 1.57 bits per heavy atom. The molecule has 4 heteroatoms. The van der Waals surface area contributed by atoms with Crippen LogP contribution in [0.25, 0.3) is 0 Å². The zero-order valence-electron chi connectivity index (χ0n) is 7.93. The molecule has 0 amide bonds. The van der Waals surface area contributed by atoms with Gasteiger partial charge in [0, 0.05) is 3.57 Å². The molecule has 0 aliphatic heterocycles. The summed E-state index contributed by atoms with van der Waals surface area (Å²) in [4.78, 5) is 11.4. The normalized spacial score (nSPS) is 10.0. The number of benzene rings is 1. The van der Waals surface area contributed by atoms with E-state index in [0.29, 0.717) is 17.2 Å². The van der Waals surface area contributed by atoms with Crippen molar-refractivity contribution in [1.82, 2.24) is 0 Å². The van der Waals surface area contributed by atoms with E-state index in [1.165, 1.54) is 0 Å². The van der Waals surface area contributed by atoms with Gasteiger partial charge in [0.05, 0.1) is 17.2 Å². The summed E-state index contributed by atoms with van der Waals surface area (Å²) >= 11 is 8.09. The minimum Gasteiger partial charge on any atom is -0.462 e. The first-order valence-corrected chi connectivity index (χ1v) is 5.64. The number of hydrogen-bond acceptors (Lipinski definition) is 2. The van der Waals surface area contributed by atoms with Crippen LogP contribution in [0.3, 0.4) is 0 Å². The fraction of sp³-hybridized carbons (Fsp3) is 0.300. The zero-order valence-corrected chi connectivity index (χ0v) is 10.8. The highest BCUT2D eigenvalue weighted by atomic mass is 127. The molecular weight excluding hydrogens is 314 g/mol. The number of rotatable bonds is 2. The van der Waals surface area contributed by atoms with E-state index in [0.717, 1.165) is 9.13 Å². The highest BCUT2D eigenvalue weighted by molar-refractivity contribution is 14.1. The Balaban J connectivity index is 3.09. The molecule has 2 nitrogen and oxygen atoms in total. The van der Waals surface area contributed by atoms with Gasteiger partial charge in [0.1, 0.15) is 0 Å². The molecule has 14 heavy (non-hydrogen) atoms. The molecule has 76 valence electrons. The van der Waals surface area contributed by atoms with Gasteiger partial charge in [0.25, 0.3) is 0 Å². The standard InChI is InChI=1S/C10H10ClIO2/c1-3-14-10(13)7-5-9(12)6(2)4-8(7)11/h4-5H,3H2,1-2H3. The second-order valence-corrected chi connectivity index (χ2v) is 4.37. The van der Waals surface area contributed by atoms with Crippen LogP contribution in [0.2, 0.25) is 5.02 Å². The monoisotopic (exact) mass is 324 g/mol. The average Bonchev–Trinajstić information content (AvgIpc) is 2.11. The van der Waals surface area contributed by atoms with Crippen LogP contribution in [0.15, 0.2) is 12.1 Å². The Kier molecular flexibility index (Phi) is 4.19. The predicted molar refractivity (Wildman–Crippen MR) is 64.9 cm³/mol. The van der Waals surface area contributed by atoms with Crippen molar-refractivity contribution in [3.8, 4) is 0 Å². The quantitative estimate of drug-likeness (QED) is 0.615. The van der Waals surface area contributed by atoms with Gasteiger partial charge in [-0.1, -0.05) is 11.6 Å². The fourth-order valence-electron chi connectivity index (χ4n) is 1.01. The topological polar surface area (TPSA) is 26.3 Å². The fourth-order valence-corrected chi connectivity index (χ4v) is 1.77. The molecule has 0 radical (unpaired) electrons. The minimum atomic E-state index is -0.365. The molecule has 0 fully saturated rings. The number of carbonyl (C=O) groups excluding carboxylic acids is 1. The first kappa shape index (κ1) is 11.8. The average molecular weight is 325 g/mol. The summed E-state index contributed by atoms with van der Waals surface area (Å²) in [6, 6.07) is 3.52. The first-order chi connectivity index (χ1) is 6.56. The third kappa shape index (κ3) is 2.60. The summed E-state index contributed by atoms with van der Waals surface area (Å²) in [6.07, 6.45) is 0. The highest BCUT2D eigenvalue weighted by Gasteiger charge is 2.12. The van der Waals surface area contributed by atoms with E-state index in [1.54, 1.807) is 19.1 Å². The summed E-state index contributed by atoms with van der Waals surface area (Å²) in [5.74, 6) is -0.365. The van der Waals surface area contributed by atoms with E-state index >= 15 is 0 Å². The van der Waals surface area contributed by atoms with Gasteiger partial charge in [0.2, 0.25) is 0 Å². The van der Waals surface area contributed by atoms with Crippen molar-refractivity contribution in [1.29, 1.82) is 0 Å². The summed E-state index contributed by atoms with van der Waals surface area (Å²) in [6.45, 7) is 4.08. The summed E-state index contributed by atoms with van der Waals surface area (Å²) in [5, 5.41) is 0.446. The second-order valence-electron chi connectivity index (χ2n) is 2.80. The maximum Gasteiger partial charge on any atom is 0.339 e. The number of halogens is 2. The van der Waals surface area contributed by atoms with E-state index in [4.69, 9.17) is 16.3 Å². The van der Waals surface area contributed by atoms with Gasteiger partial charge in [-0.25, -0.2) is 4.79 Å². The molecule has 1 aromatic carbocycles. The maximum atomic E-state index is 11.4.